The second-order valence-corrected chi connectivity index (χ2v) is 7.30. The summed E-state index contributed by atoms with van der Waals surface area (Å²) in [6.45, 7) is 3.90. The van der Waals surface area contributed by atoms with Crippen molar-refractivity contribution in [2.75, 3.05) is 29.9 Å². The van der Waals surface area contributed by atoms with Gasteiger partial charge in [0.1, 0.15) is 0 Å². The van der Waals surface area contributed by atoms with E-state index in [-0.39, 0.29) is 18.6 Å². The Morgan fingerprint density at radius 1 is 1.24 bits per heavy atom. The average Bonchev–Trinajstić information content (AvgIpc) is 3.40. The molecule has 1 amide bonds. The molecule has 0 aliphatic carbocycles. The first-order valence-electron chi connectivity index (χ1n) is 9.47. The van der Waals surface area contributed by atoms with Crippen molar-refractivity contribution in [2.24, 2.45) is 0 Å². The van der Waals surface area contributed by atoms with Crippen LogP contribution in [-0.4, -0.2) is 35.7 Å². The summed E-state index contributed by atoms with van der Waals surface area (Å²) in [6, 6.07) is 13.2. The Morgan fingerprint density at radius 3 is 2.79 bits per heavy atom. The van der Waals surface area contributed by atoms with Crippen molar-refractivity contribution in [3.05, 3.63) is 53.1 Å². The van der Waals surface area contributed by atoms with Crippen LogP contribution in [0.3, 0.4) is 0 Å². The molecule has 3 aromatic rings. The van der Waals surface area contributed by atoms with Gasteiger partial charge in [-0.15, -0.1) is 0 Å². The molecule has 0 spiro atoms. The average molecular weight is 413 g/mol. The predicted octanol–water partition coefficient (Wildman–Crippen LogP) is 4.32. The Kier molecular flexibility index (Phi) is 5.67. The van der Waals surface area contributed by atoms with Crippen LogP contribution in [0.2, 0.25) is 5.02 Å². The first-order chi connectivity index (χ1) is 14.1. The number of nitrogens with one attached hydrogen (secondary N) is 1. The van der Waals surface area contributed by atoms with Crippen LogP contribution < -0.4 is 15.0 Å². The molecule has 2 aromatic carbocycles. The first kappa shape index (κ1) is 19.3. The smallest absolute Gasteiger partial charge is 0.418 e. The van der Waals surface area contributed by atoms with Crippen LogP contribution in [0.5, 0.6) is 6.08 Å². The van der Waals surface area contributed by atoms with Crippen molar-refractivity contribution in [3.8, 4) is 17.5 Å². The monoisotopic (exact) mass is 412 g/mol. The highest BCUT2D eigenvalue weighted by molar-refractivity contribution is 6.33. The summed E-state index contributed by atoms with van der Waals surface area (Å²) in [6.07, 6.45) is 2.36. The van der Waals surface area contributed by atoms with E-state index in [9.17, 15) is 4.79 Å². The number of carbonyl (C=O) groups excluding carboxylic acids is 1. The molecular formula is C21H21ClN4O3. The van der Waals surface area contributed by atoms with Gasteiger partial charge in [0.05, 0.1) is 5.02 Å². The third kappa shape index (κ3) is 4.51. The lowest BCUT2D eigenvalue weighted by molar-refractivity contribution is -0.118. The third-order valence-electron chi connectivity index (χ3n) is 4.80. The fourth-order valence-corrected chi connectivity index (χ4v) is 3.51. The fourth-order valence-electron chi connectivity index (χ4n) is 3.29. The lowest BCUT2D eigenvalue weighted by atomic mass is 10.1. The van der Waals surface area contributed by atoms with E-state index in [1.54, 1.807) is 12.1 Å². The lowest BCUT2D eigenvalue weighted by Gasteiger charge is -2.19. The Hall–Kier alpha value is -3.06. The highest BCUT2D eigenvalue weighted by Crippen LogP contribution is 2.27. The molecule has 29 heavy (non-hydrogen) atoms. The molecule has 7 nitrogen and oxygen atoms in total. The van der Waals surface area contributed by atoms with Gasteiger partial charge in [-0.05, 0) is 55.7 Å². The van der Waals surface area contributed by atoms with E-state index in [4.69, 9.17) is 20.9 Å². The number of ether oxygens (including phenoxy) is 1. The molecule has 1 fully saturated rings. The number of anilines is 2. The van der Waals surface area contributed by atoms with Crippen LogP contribution in [0.4, 0.5) is 11.4 Å². The molecule has 4 rings (SSSR count). The van der Waals surface area contributed by atoms with Gasteiger partial charge in [0.25, 0.3) is 5.91 Å². The largest absolute Gasteiger partial charge is 0.439 e. The van der Waals surface area contributed by atoms with Gasteiger partial charge in [0.2, 0.25) is 5.82 Å². The highest BCUT2D eigenvalue weighted by atomic mass is 35.5. The Morgan fingerprint density at radius 2 is 2.03 bits per heavy atom. The van der Waals surface area contributed by atoms with Crippen LogP contribution in [0.25, 0.3) is 11.4 Å². The zero-order valence-corrected chi connectivity index (χ0v) is 16.8. The maximum absolute atomic E-state index is 12.3. The number of hydrogen-bond donors (Lipinski definition) is 1. The van der Waals surface area contributed by atoms with Crippen molar-refractivity contribution in [3.63, 3.8) is 0 Å². The van der Waals surface area contributed by atoms with E-state index < -0.39 is 0 Å². The maximum Gasteiger partial charge on any atom is 0.418 e. The Balaban J connectivity index is 1.34. The number of amides is 1. The van der Waals surface area contributed by atoms with Gasteiger partial charge in [-0.3, -0.25) is 9.32 Å². The van der Waals surface area contributed by atoms with Gasteiger partial charge < -0.3 is 15.0 Å². The normalized spacial score (nSPS) is 13.5. The number of benzene rings is 2. The molecule has 0 radical (unpaired) electrons. The van der Waals surface area contributed by atoms with Crippen LogP contribution >= 0.6 is 11.6 Å². The van der Waals surface area contributed by atoms with Gasteiger partial charge in [0, 0.05) is 30.0 Å². The quantitative estimate of drug-likeness (QED) is 0.649. The van der Waals surface area contributed by atoms with Crippen molar-refractivity contribution in [2.45, 2.75) is 19.8 Å². The first-order valence-corrected chi connectivity index (χ1v) is 9.85. The molecule has 2 heterocycles. The second-order valence-electron chi connectivity index (χ2n) is 6.89. The minimum Gasteiger partial charge on any atom is -0.439 e. The summed E-state index contributed by atoms with van der Waals surface area (Å²) in [4.78, 5) is 18.7. The Labute approximate surface area is 173 Å². The molecule has 0 atom stereocenters. The van der Waals surface area contributed by atoms with Crippen molar-refractivity contribution >= 4 is 28.9 Å². The van der Waals surface area contributed by atoms with Gasteiger partial charge >= 0.3 is 6.08 Å². The summed E-state index contributed by atoms with van der Waals surface area (Å²) < 4.78 is 10.4. The van der Waals surface area contributed by atoms with Crippen molar-refractivity contribution in [1.82, 2.24) is 10.1 Å². The van der Waals surface area contributed by atoms with Crippen LogP contribution in [0.1, 0.15) is 18.4 Å². The molecule has 1 N–H and O–H groups in total. The molecule has 150 valence electrons. The van der Waals surface area contributed by atoms with E-state index in [0.29, 0.717) is 16.4 Å². The van der Waals surface area contributed by atoms with E-state index in [1.807, 2.05) is 31.2 Å². The van der Waals surface area contributed by atoms with Crippen molar-refractivity contribution in [1.29, 1.82) is 0 Å². The zero-order valence-electron chi connectivity index (χ0n) is 16.0. The minimum atomic E-state index is -0.306. The predicted molar refractivity (Wildman–Crippen MR) is 111 cm³/mol. The number of aromatic nitrogens is 2. The van der Waals surface area contributed by atoms with Crippen LogP contribution in [0.15, 0.2) is 47.0 Å². The molecule has 8 heteroatoms. The van der Waals surface area contributed by atoms with E-state index in [0.717, 1.165) is 24.3 Å². The summed E-state index contributed by atoms with van der Waals surface area (Å²) in [5.41, 5.74) is 3.57. The van der Waals surface area contributed by atoms with E-state index in [1.165, 1.54) is 18.5 Å². The molecular weight excluding hydrogens is 392 g/mol. The van der Waals surface area contributed by atoms with E-state index >= 15 is 0 Å². The van der Waals surface area contributed by atoms with Gasteiger partial charge in [-0.1, -0.05) is 28.9 Å². The Bertz CT molecular complexity index is 1010. The molecule has 0 saturated carbocycles. The number of carbonyl (C=O) groups is 1. The van der Waals surface area contributed by atoms with Crippen LogP contribution in [-0.2, 0) is 4.79 Å². The standard InChI is InChI=1S/C21H21ClN4O3/c1-14-12-15(26-10-4-5-11-26)8-9-18(14)23-19(27)13-28-21-24-20(25-29-21)16-6-2-3-7-17(16)22/h2-3,6-9,12H,4-5,10-11,13H2,1H3,(H,23,27). The topological polar surface area (TPSA) is 80.5 Å². The third-order valence-corrected chi connectivity index (χ3v) is 5.13. The SMILES string of the molecule is Cc1cc(N2CCCC2)ccc1NC(=O)COc1nc(-c2ccccc2Cl)no1. The molecule has 1 saturated heterocycles. The minimum absolute atomic E-state index is 0.0869. The second kappa shape index (κ2) is 8.53. The van der Waals surface area contributed by atoms with Crippen LogP contribution in [0, 0.1) is 6.92 Å². The molecule has 1 aliphatic rings. The van der Waals surface area contributed by atoms with Gasteiger partial charge in [-0.2, -0.15) is 4.98 Å². The summed E-state index contributed by atoms with van der Waals surface area (Å²) in [5.74, 6) is -0.00105. The number of rotatable bonds is 6. The molecule has 1 aliphatic heterocycles. The maximum atomic E-state index is 12.3. The van der Waals surface area contributed by atoms with Gasteiger partial charge in [0.15, 0.2) is 6.61 Å². The number of halogens is 1. The zero-order chi connectivity index (χ0) is 20.2. The van der Waals surface area contributed by atoms with Gasteiger partial charge in [-0.25, -0.2) is 0 Å². The molecule has 0 unspecified atom stereocenters. The summed E-state index contributed by atoms with van der Waals surface area (Å²) in [7, 11) is 0. The number of aryl methyl sites for hydroxylation is 1. The summed E-state index contributed by atoms with van der Waals surface area (Å²) >= 11 is 6.12. The van der Waals surface area contributed by atoms with Crippen molar-refractivity contribution < 1.29 is 14.1 Å². The molecule has 1 aromatic heterocycles. The number of nitrogens with zero attached hydrogens (tertiary/aromatic N) is 3. The highest BCUT2D eigenvalue weighted by Gasteiger charge is 2.15. The number of hydrogen-bond acceptors (Lipinski definition) is 6. The van der Waals surface area contributed by atoms with E-state index in [2.05, 4.69) is 26.4 Å². The molecule has 0 bridgehead atoms. The lowest BCUT2D eigenvalue weighted by Crippen LogP contribution is -2.21. The fraction of sp³-hybridized carbons (Fsp3) is 0.286. The summed E-state index contributed by atoms with van der Waals surface area (Å²) in [5, 5.41) is 7.20.